The van der Waals surface area contributed by atoms with Crippen molar-refractivity contribution in [3.63, 3.8) is 0 Å². The van der Waals surface area contributed by atoms with E-state index in [0.717, 1.165) is 54.1 Å². The first-order valence-corrected chi connectivity index (χ1v) is 13.5. The van der Waals surface area contributed by atoms with Crippen molar-refractivity contribution in [3.8, 4) is 11.3 Å². The number of halogens is 1. The average Bonchev–Trinajstić information content (AvgIpc) is 3.47. The first-order chi connectivity index (χ1) is 18.9. The molecule has 2 N–H and O–H groups in total. The number of nitrogens with one attached hydrogen (secondary N) is 2. The Labute approximate surface area is 229 Å². The van der Waals surface area contributed by atoms with Crippen LogP contribution in [-0.4, -0.2) is 55.9 Å². The van der Waals surface area contributed by atoms with Crippen LogP contribution in [0, 0.1) is 5.92 Å². The molecule has 200 valence electrons. The van der Waals surface area contributed by atoms with Gasteiger partial charge in [-0.25, -0.2) is 0 Å². The molecule has 2 aromatic heterocycles. The Balaban J connectivity index is 0.972. The van der Waals surface area contributed by atoms with Gasteiger partial charge in [0.05, 0.1) is 34.1 Å². The van der Waals surface area contributed by atoms with E-state index in [1.807, 2.05) is 29.2 Å². The van der Waals surface area contributed by atoms with Crippen molar-refractivity contribution in [3.05, 3.63) is 65.1 Å². The highest BCUT2D eigenvalue weighted by Crippen LogP contribution is 2.40. The lowest BCUT2D eigenvalue weighted by Crippen LogP contribution is -2.54. The molecule has 2 aliphatic heterocycles. The summed E-state index contributed by atoms with van der Waals surface area (Å²) in [7, 11) is 0. The summed E-state index contributed by atoms with van der Waals surface area (Å²) in [5, 5.41) is 10.7. The number of carbonyl (C=O) groups is 4. The molecule has 4 amide bonds. The van der Waals surface area contributed by atoms with E-state index in [9.17, 15) is 19.2 Å². The van der Waals surface area contributed by atoms with Crippen molar-refractivity contribution in [2.75, 3.05) is 11.9 Å². The fraction of sp³-hybridized carbons (Fsp3) is 0.357. The molecule has 39 heavy (non-hydrogen) atoms. The van der Waals surface area contributed by atoms with Crippen LogP contribution >= 0.6 is 11.6 Å². The number of imide groups is 2. The minimum Gasteiger partial charge on any atom is -0.385 e. The van der Waals surface area contributed by atoms with Crippen LogP contribution in [0.5, 0.6) is 0 Å². The van der Waals surface area contributed by atoms with Gasteiger partial charge >= 0.3 is 0 Å². The third kappa shape index (κ3) is 4.92. The first kappa shape index (κ1) is 25.2. The van der Waals surface area contributed by atoms with Crippen LogP contribution in [-0.2, 0) is 9.59 Å². The van der Waals surface area contributed by atoms with Crippen LogP contribution < -0.4 is 10.6 Å². The Kier molecular flexibility index (Phi) is 6.64. The number of piperidine rings is 1. The summed E-state index contributed by atoms with van der Waals surface area (Å²) in [5.74, 6) is -1.35. The number of anilines is 1. The molecule has 2 fully saturated rings. The van der Waals surface area contributed by atoms with Gasteiger partial charge in [-0.2, -0.15) is 5.10 Å². The molecule has 1 aromatic carbocycles. The Hall–Kier alpha value is -4.05. The zero-order valence-corrected chi connectivity index (χ0v) is 21.9. The Bertz CT molecular complexity index is 1460. The number of hydrogen-bond donors (Lipinski definition) is 2. The topological polar surface area (TPSA) is 126 Å². The summed E-state index contributed by atoms with van der Waals surface area (Å²) in [5.41, 5.74) is 3.16. The predicted molar refractivity (Wildman–Crippen MR) is 143 cm³/mol. The van der Waals surface area contributed by atoms with E-state index < -0.39 is 23.8 Å². The zero-order chi connectivity index (χ0) is 27.1. The highest BCUT2D eigenvalue weighted by atomic mass is 35.5. The Morgan fingerprint density at radius 2 is 1.85 bits per heavy atom. The van der Waals surface area contributed by atoms with E-state index in [4.69, 9.17) is 11.6 Å². The lowest BCUT2D eigenvalue weighted by Gasteiger charge is -2.35. The van der Waals surface area contributed by atoms with Crippen molar-refractivity contribution in [1.29, 1.82) is 0 Å². The maximum Gasteiger partial charge on any atom is 0.262 e. The molecular formula is C28H27ClN6O4. The minimum absolute atomic E-state index is 0.0994. The standard InChI is InChI=1S/C28H27ClN6O4/c29-18-3-6-23(31-14-18)17-13-32-34(15-17)20-10-16(11-20)2-1-9-30-19-4-5-21-22(12-19)28(39)35(27(21)38)24-7-8-25(36)33-26(24)37/h3-6,12-16,20,24,30H,1-2,7-11H2,(H,33,36,37). The van der Waals surface area contributed by atoms with E-state index in [-0.39, 0.29) is 29.9 Å². The van der Waals surface area contributed by atoms with E-state index >= 15 is 0 Å². The van der Waals surface area contributed by atoms with E-state index in [1.165, 1.54) is 0 Å². The van der Waals surface area contributed by atoms with Gasteiger partial charge in [-0.05, 0) is 68.4 Å². The maximum absolute atomic E-state index is 13.0. The fourth-order valence-corrected chi connectivity index (χ4v) is 5.69. The lowest BCUT2D eigenvalue weighted by molar-refractivity contribution is -0.136. The van der Waals surface area contributed by atoms with Crippen LogP contribution in [0.25, 0.3) is 11.3 Å². The molecule has 3 aromatic rings. The summed E-state index contributed by atoms with van der Waals surface area (Å²) < 4.78 is 2.03. The largest absolute Gasteiger partial charge is 0.385 e. The van der Waals surface area contributed by atoms with Gasteiger partial charge in [-0.3, -0.25) is 39.1 Å². The Morgan fingerprint density at radius 1 is 1.03 bits per heavy atom. The molecule has 0 radical (unpaired) electrons. The second kappa shape index (κ2) is 10.3. The van der Waals surface area contributed by atoms with Gasteiger partial charge in [0.25, 0.3) is 11.8 Å². The summed E-state index contributed by atoms with van der Waals surface area (Å²) in [4.78, 5) is 54.9. The van der Waals surface area contributed by atoms with Gasteiger partial charge in [0.15, 0.2) is 0 Å². The third-order valence-corrected chi connectivity index (χ3v) is 7.99. The van der Waals surface area contributed by atoms with Crippen molar-refractivity contribution in [1.82, 2.24) is 25.0 Å². The number of fused-ring (bicyclic) bond motifs is 1. The van der Waals surface area contributed by atoms with Gasteiger partial charge in [0, 0.05) is 36.6 Å². The van der Waals surface area contributed by atoms with Crippen LogP contribution in [0.4, 0.5) is 5.69 Å². The number of nitrogens with zero attached hydrogens (tertiary/aromatic N) is 4. The third-order valence-electron chi connectivity index (χ3n) is 7.77. The van der Waals surface area contributed by atoms with Crippen molar-refractivity contribution in [2.24, 2.45) is 5.92 Å². The van der Waals surface area contributed by atoms with E-state index in [0.29, 0.717) is 17.0 Å². The van der Waals surface area contributed by atoms with Crippen LogP contribution in [0.15, 0.2) is 48.9 Å². The van der Waals surface area contributed by atoms with Gasteiger partial charge in [-0.1, -0.05) is 11.6 Å². The summed E-state index contributed by atoms with van der Waals surface area (Å²) >= 11 is 5.93. The second-order valence-electron chi connectivity index (χ2n) is 10.3. The molecule has 6 rings (SSSR count). The van der Waals surface area contributed by atoms with Crippen molar-refractivity contribution < 1.29 is 19.2 Å². The first-order valence-electron chi connectivity index (χ1n) is 13.1. The molecule has 0 spiro atoms. The monoisotopic (exact) mass is 546 g/mol. The van der Waals surface area contributed by atoms with Crippen LogP contribution in [0.3, 0.4) is 0 Å². The van der Waals surface area contributed by atoms with Gasteiger partial charge < -0.3 is 5.32 Å². The van der Waals surface area contributed by atoms with Crippen LogP contribution in [0.1, 0.15) is 65.3 Å². The second-order valence-corrected chi connectivity index (χ2v) is 10.8. The normalized spacial score (nSPS) is 22.5. The van der Waals surface area contributed by atoms with Gasteiger partial charge in [0.2, 0.25) is 11.8 Å². The molecule has 11 heteroatoms. The predicted octanol–water partition coefficient (Wildman–Crippen LogP) is 3.84. The number of hydrogen-bond acceptors (Lipinski definition) is 7. The maximum atomic E-state index is 13.0. The summed E-state index contributed by atoms with van der Waals surface area (Å²) in [6.07, 6.45) is 9.99. The fourth-order valence-electron chi connectivity index (χ4n) is 5.57. The number of pyridine rings is 1. The molecule has 10 nitrogen and oxygen atoms in total. The highest BCUT2D eigenvalue weighted by molar-refractivity contribution is 6.30. The SMILES string of the molecule is O=C1CCC(N2C(=O)c3ccc(NCCCC4CC(n5cc(-c6ccc(Cl)cn6)cn5)C4)cc3C2=O)C(=O)N1. The van der Waals surface area contributed by atoms with Crippen LogP contribution in [0.2, 0.25) is 5.02 Å². The average molecular weight is 547 g/mol. The molecule has 1 unspecified atom stereocenters. The van der Waals surface area contributed by atoms with Crippen molar-refractivity contribution in [2.45, 2.75) is 50.6 Å². The van der Waals surface area contributed by atoms with E-state index in [2.05, 4.69) is 20.7 Å². The van der Waals surface area contributed by atoms with Gasteiger partial charge in [0.1, 0.15) is 6.04 Å². The molecule has 1 saturated carbocycles. The van der Waals surface area contributed by atoms with Crippen molar-refractivity contribution >= 4 is 40.9 Å². The quantitative estimate of drug-likeness (QED) is 0.324. The van der Waals surface area contributed by atoms with E-state index in [1.54, 1.807) is 24.4 Å². The molecule has 1 saturated heterocycles. The number of aromatic nitrogens is 3. The molecule has 1 atom stereocenters. The molecule has 1 aliphatic carbocycles. The number of rotatable bonds is 8. The smallest absolute Gasteiger partial charge is 0.262 e. The summed E-state index contributed by atoms with van der Waals surface area (Å²) in [6, 6.07) is 8.23. The Morgan fingerprint density at radius 3 is 2.62 bits per heavy atom. The molecule has 3 aliphatic rings. The number of amides is 4. The number of carbonyl (C=O) groups excluding carboxylic acids is 4. The highest BCUT2D eigenvalue weighted by Gasteiger charge is 2.44. The minimum atomic E-state index is -0.958. The summed E-state index contributed by atoms with van der Waals surface area (Å²) in [6.45, 7) is 0.743. The number of benzene rings is 1. The molecular weight excluding hydrogens is 520 g/mol. The lowest BCUT2D eigenvalue weighted by atomic mass is 9.77. The van der Waals surface area contributed by atoms with Gasteiger partial charge in [-0.15, -0.1) is 0 Å². The molecule has 0 bridgehead atoms. The molecule has 4 heterocycles. The zero-order valence-electron chi connectivity index (χ0n) is 21.1.